The molecule has 0 bridgehead atoms. The number of hydrogen-bond donors (Lipinski definition) is 1. The lowest BCUT2D eigenvalue weighted by Crippen LogP contribution is -2.27. The van der Waals surface area contributed by atoms with Gasteiger partial charge in [-0.2, -0.15) is 0 Å². The van der Waals surface area contributed by atoms with Gasteiger partial charge >= 0.3 is 0 Å². The summed E-state index contributed by atoms with van der Waals surface area (Å²) in [6.07, 6.45) is 11.2. The number of halogens is 1. The Morgan fingerprint density at radius 3 is 2.71 bits per heavy atom. The minimum atomic E-state index is -0.654. The second-order valence-electron chi connectivity index (χ2n) is 8.13. The fourth-order valence-electron chi connectivity index (χ4n) is 4.15. The Bertz CT molecular complexity index is 1550. The third-order valence-corrected chi connectivity index (χ3v) is 5.83. The minimum Gasteiger partial charge on any atom is -0.326 e. The van der Waals surface area contributed by atoms with Crippen LogP contribution in [0.5, 0.6) is 0 Å². The van der Waals surface area contributed by atoms with E-state index in [0.717, 1.165) is 18.4 Å². The summed E-state index contributed by atoms with van der Waals surface area (Å²) < 4.78 is 17.3. The average Bonchev–Trinajstić information content (AvgIpc) is 3.33. The van der Waals surface area contributed by atoms with Gasteiger partial charge < -0.3 is 5.32 Å². The number of carbonyl (C=O) groups excluding carboxylic acids is 2. The summed E-state index contributed by atoms with van der Waals surface area (Å²) in [5.74, 6) is -1.11. The Balaban J connectivity index is 0.00000289. The van der Waals surface area contributed by atoms with Gasteiger partial charge in [0.1, 0.15) is 17.8 Å². The molecule has 0 fully saturated rings. The summed E-state index contributed by atoms with van der Waals surface area (Å²) in [4.78, 5) is 42.4. The van der Waals surface area contributed by atoms with Crippen LogP contribution in [0.4, 0.5) is 10.1 Å². The molecule has 7 nitrogen and oxygen atoms in total. The number of carbonyl (C=O) groups is 2. The number of fused-ring (bicyclic) bond motifs is 3. The van der Waals surface area contributed by atoms with Crippen LogP contribution in [0, 0.1) is 5.82 Å². The molecule has 1 aliphatic carbocycles. The van der Waals surface area contributed by atoms with E-state index in [4.69, 9.17) is 0 Å². The summed E-state index contributed by atoms with van der Waals surface area (Å²) in [6, 6.07) is 10.9. The lowest BCUT2D eigenvalue weighted by molar-refractivity contribution is -0.115. The standard InChI is InChI=1S/C26H21FN4O3.H2/c27-20-7-4-8-21-25(20)26(34)30(24-14-28-16-31(21)24)15-22(32)18-9-11-19(12-10-18)29-23(33)13-17-5-2-1-3-6-17;/h2,4-12,14,16H,1,3,13,15H2,(H,29,33);1H. The zero-order valence-corrected chi connectivity index (χ0v) is 18.2. The van der Waals surface area contributed by atoms with Crippen LogP contribution in [-0.4, -0.2) is 25.6 Å². The van der Waals surface area contributed by atoms with Crippen LogP contribution in [0.15, 0.2) is 83.6 Å². The van der Waals surface area contributed by atoms with Gasteiger partial charge in [0.25, 0.3) is 5.56 Å². The predicted octanol–water partition coefficient (Wildman–Crippen LogP) is 4.52. The second-order valence-corrected chi connectivity index (χ2v) is 8.13. The number of allylic oxidation sites excluding steroid dienone is 3. The average molecular weight is 458 g/mol. The van der Waals surface area contributed by atoms with Crippen molar-refractivity contribution in [2.24, 2.45) is 0 Å². The lowest BCUT2D eigenvalue weighted by atomic mass is 10.0. The zero-order valence-electron chi connectivity index (χ0n) is 18.2. The molecule has 8 heteroatoms. The van der Waals surface area contributed by atoms with E-state index in [0.29, 0.717) is 28.8 Å². The zero-order chi connectivity index (χ0) is 23.7. The fraction of sp³-hybridized carbons (Fsp3) is 0.154. The minimum absolute atomic E-state index is 0. The lowest BCUT2D eigenvalue weighted by Gasteiger charge is -2.12. The van der Waals surface area contributed by atoms with Crippen LogP contribution < -0.4 is 10.9 Å². The number of ketones is 1. The Morgan fingerprint density at radius 1 is 1.12 bits per heavy atom. The third kappa shape index (κ3) is 4.05. The van der Waals surface area contributed by atoms with E-state index in [1.807, 2.05) is 6.08 Å². The van der Waals surface area contributed by atoms with Crippen molar-refractivity contribution in [3.05, 3.63) is 101 Å². The molecule has 1 aliphatic rings. The molecule has 0 radical (unpaired) electrons. The summed E-state index contributed by atoms with van der Waals surface area (Å²) >= 11 is 0. The predicted molar refractivity (Wildman–Crippen MR) is 130 cm³/mol. The first-order valence-corrected chi connectivity index (χ1v) is 10.9. The summed E-state index contributed by atoms with van der Waals surface area (Å²) in [5.41, 5.74) is 2.12. The Morgan fingerprint density at radius 2 is 1.94 bits per heavy atom. The molecule has 0 spiro atoms. The van der Waals surface area contributed by atoms with E-state index in [1.165, 1.54) is 29.2 Å². The van der Waals surface area contributed by atoms with E-state index < -0.39 is 11.4 Å². The summed E-state index contributed by atoms with van der Waals surface area (Å²) in [6.45, 7) is -0.273. The molecule has 2 aromatic carbocycles. The van der Waals surface area contributed by atoms with Gasteiger partial charge in [-0.15, -0.1) is 0 Å². The number of nitrogens with one attached hydrogen (secondary N) is 1. The molecule has 4 aromatic rings. The molecular formula is C26H23FN4O3. The smallest absolute Gasteiger partial charge is 0.264 e. The molecule has 0 saturated heterocycles. The maximum atomic E-state index is 14.4. The van der Waals surface area contributed by atoms with Gasteiger partial charge in [0, 0.05) is 12.7 Å². The van der Waals surface area contributed by atoms with Gasteiger partial charge in [-0.3, -0.25) is 23.4 Å². The maximum Gasteiger partial charge on any atom is 0.264 e. The van der Waals surface area contributed by atoms with Crippen molar-refractivity contribution in [3.8, 4) is 0 Å². The number of imidazole rings is 1. The quantitative estimate of drug-likeness (QED) is 0.431. The Hall–Kier alpha value is -4.33. The van der Waals surface area contributed by atoms with Gasteiger partial charge in [0.05, 0.1) is 30.1 Å². The molecule has 0 aliphatic heterocycles. The molecule has 172 valence electrons. The fourth-order valence-corrected chi connectivity index (χ4v) is 4.15. The van der Waals surface area contributed by atoms with Crippen molar-refractivity contribution in [1.29, 1.82) is 0 Å². The van der Waals surface area contributed by atoms with E-state index in [1.54, 1.807) is 34.7 Å². The van der Waals surface area contributed by atoms with Crippen LogP contribution in [-0.2, 0) is 11.3 Å². The molecule has 0 atom stereocenters. The van der Waals surface area contributed by atoms with Crippen molar-refractivity contribution in [3.63, 3.8) is 0 Å². The Labute approximate surface area is 195 Å². The molecule has 34 heavy (non-hydrogen) atoms. The number of anilines is 1. The van der Waals surface area contributed by atoms with Crippen molar-refractivity contribution < 1.29 is 15.4 Å². The third-order valence-electron chi connectivity index (χ3n) is 5.83. The molecule has 0 saturated carbocycles. The summed E-state index contributed by atoms with van der Waals surface area (Å²) in [7, 11) is 0. The molecule has 2 aromatic heterocycles. The molecule has 2 heterocycles. The highest BCUT2D eigenvalue weighted by Gasteiger charge is 2.17. The molecule has 1 N–H and O–H groups in total. The van der Waals surface area contributed by atoms with Gasteiger partial charge in [0.15, 0.2) is 5.78 Å². The van der Waals surface area contributed by atoms with Gasteiger partial charge in [-0.05, 0) is 54.8 Å². The molecular weight excluding hydrogens is 435 g/mol. The number of benzene rings is 2. The van der Waals surface area contributed by atoms with Crippen molar-refractivity contribution in [2.45, 2.75) is 25.8 Å². The van der Waals surface area contributed by atoms with Crippen LogP contribution >= 0.6 is 0 Å². The van der Waals surface area contributed by atoms with E-state index in [2.05, 4.69) is 22.5 Å². The number of rotatable bonds is 6. The second kappa shape index (κ2) is 8.90. The maximum absolute atomic E-state index is 14.4. The van der Waals surface area contributed by atoms with Crippen LogP contribution in [0.2, 0.25) is 0 Å². The van der Waals surface area contributed by atoms with Gasteiger partial charge in [-0.25, -0.2) is 9.37 Å². The highest BCUT2D eigenvalue weighted by atomic mass is 19.1. The highest BCUT2D eigenvalue weighted by Crippen LogP contribution is 2.18. The van der Waals surface area contributed by atoms with Crippen LogP contribution in [0.1, 0.15) is 31.0 Å². The number of nitrogens with zero attached hydrogens (tertiary/aromatic N) is 3. The first-order chi connectivity index (χ1) is 16.5. The molecule has 1 amide bonds. The first kappa shape index (κ1) is 21.5. The van der Waals surface area contributed by atoms with E-state index in [9.17, 15) is 18.8 Å². The SMILES string of the molecule is O=C(CC1=CCCC=C1)Nc1ccc(C(=O)Cn2c(=O)c3c(F)cccc3n3cncc23)cc1.[HH]. The summed E-state index contributed by atoms with van der Waals surface area (Å²) in [5, 5.41) is 2.73. The van der Waals surface area contributed by atoms with Crippen LogP contribution in [0.25, 0.3) is 16.6 Å². The normalized spacial score (nSPS) is 13.3. The monoisotopic (exact) mass is 458 g/mol. The molecule has 5 rings (SSSR count). The topological polar surface area (TPSA) is 85.5 Å². The van der Waals surface area contributed by atoms with E-state index >= 15 is 0 Å². The number of hydrogen-bond acceptors (Lipinski definition) is 4. The van der Waals surface area contributed by atoms with E-state index in [-0.39, 0.29) is 25.0 Å². The van der Waals surface area contributed by atoms with Crippen molar-refractivity contribution in [2.75, 3.05) is 5.32 Å². The highest BCUT2D eigenvalue weighted by molar-refractivity contribution is 5.98. The van der Waals surface area contributed by atoms with Crippen LogP contribution in [0.3, 0.4) is 0 Å². The largest absolute Gasteiger partial charge is 0.326 e. The van der Waals surface area contributed by atoms with Gasteiger partial charge in [-0.1, -0.05) is 24.3 Å². The number of Topliss-reactive ketones (excluding diaryl/α,β-unsaturated/α-hetero) is 1. The van der Waals surface area contributed by atoms with Crippen molar-refractivity contribution in [1.82, 2.24) is 14.0 Å². The number of aromatic nitrogens is 3. The van der Waals surface area contributed by atoms with Crippen molar-refractivity contribution >= 4 is 33.9 Å². The number of amides is 1. The first-order valence-electron chi connectivity index (χ1n) is 10.9. The van der Waals surface area contributed by atoms with Gasteiger partial charge in [0.2, 0.25) is 5.91 Å². The molecule has 0 unspecified atom stereocenters. The Kier molecular flexibility index (Phi) is 5.63.